The van der Waals surface area contributed by atoms with Gasteiger partial charge in [-0.05, 0) is 107 Å². The first-order chi connectivity index (χ1) is 29.7. The van der Waals surface area contributed by atoms with E-state index in [0.717, 1.165) is 66.1 Å². The van der Waals surface area contributed by atoms with Crippen molar-refractivity contribution >= 4 is 43.8 Å². The van der Waals surface area contributed by atoms with Crippen LogP contribution in [0.3, 0.4) is 0 Å². The van der Waals surface area contributed by atoms with Crippen molar-refractivity contribution in [2.75, 3.05) is 11.4 Å². The van der Waals surface area contributed by atoms with Crippen LogP contribution in [-0.4, -0.2) is 21.1 Å². The van der Waals surface area contributed by atoms with E-state index >= 15 is 0 Å². The number of allylic oxidation sites excluding steroid dienone is 10. The summed E-state index contributed by atoms with van der Waals surface area (Å²) in [7, 11) is 0. The molecule has 3 aliphatic rings. The van der Waals surface area contributed by atoms with Crippen LogP contribution in [0.2, 0.25) is 0 Å². The van der Waals surface area contributed by atoms with Crippen LogP contribution in [0.5, 0.6) is 0 Å². The summed E-state index contributed by atoms with van der Waals surface area (Å²) in [6.45, 7) is 0.852. The van der Waals surface area contributed by atoms with E-state index in [1.807, 2.05) is 18.2 Å². The highest BCUT2D eigenvalue weighted by Gasteiger charge is 2.21. The van der Waals surface area contributed by atoms with E-state index in [9.17, 15) is 0 Å². The number of hydrogen-bond acceptors (Lipinski definition) is 3. The smallest absolute Gasteiger partial charge is 0.160 e. The van der Waals surface area contributed by atoms with Gasteiger partial charge in [0.15, 0.2) is 5.82 Å². The molecule has 60 heavy (non-hydrogen) atoms. The van der Waals surface area contributed by atoms with Gasteiger partial charge in [-0.2, -0.15) is 0 Å². The van der Waals surface area contributed by atoms with Gasteiger partial charge < -0.3 is 9.47 Å². The lowest BCUT2D eigenvalue weighted by atomic mass is 9.97. The molecule has 0 amide bonds. The number of benzene rings is 6. The summed E-state index contributed by atoms with van der Waals surface area (Å²) in [6, 6.07) is 50.6. The minimum absolute atomic E-state index is 0.160. The fourth-order valence-corrected chi connectivity index (χ4v) is 9.19. The highest BCUT2D eigenvalue weighted by molar-refractivity contribution is 6.09. The molecule has 1 unspecified atom stereocenters. The van der Waals surface area contributed by atoms with Crippen molar-refractivity contribution in [2.45, 2.75) is 31.7 Å². The molecule has 2 aromatic heterocycles. The number of aromatic nitrogens is 3. The van der Waals surface area contributed by atoms with E-state index in [4.69, 9.17) is 9.97 Å². The third-order valence-corrected chi connectivity index (χ3v) is 12.2. The zero-order chi connectivity index (χ0) is 39.8. The Morgan fingerprint density at radius 2 is 1.32 bits per heavy atom. The fraction of sp³-hybridized carbons (Fsp3) is 0.107. The molecule has 6 aromatic carbocycles. The molecule has 11 rings (SSSR count). The third kappa shape index (κ3) is 6.70. The minimum atomic E-state index is 0.160. The second kappa shape index (κ2) is 15.5. The number of hydrogen-bond donors (Lipinski definition) is 0. The van der Waals surface area contributed by atoms with Crippen molar-refractivity contribution in [1.82, 2.24) is 14.5 Å². The van der Waals surface area contributed by atoms with Gasteiger partial charge in [0, 0.05) is 50.9 Å². The molecule has 0 radical (unpaired) electrons. The molecular weight excluding hydrogens is 729 g/mol. The lowest BCUT2D eigenvalue weighted by molar-refractivity contribution is 0.649. The van der Waals surface area contributed by atoms with Crippen molar-refractivity contribution in [1.29, 1.82) is 0 Å². The first-order valence-electron chi connectivity index (χ1n) is 21.2. The van der Waals surface area contributed by atoms with Gasteiger partial charge in [-0.15, -0.1) is 0 Å². The van der Waals surface area contributed by atoms with Crippen molar-refractivity contribution in [2.24, 2.45) is 0 Å². The summed E-state index contributed by atoms with van der Waals surface area (Å²) >= 11 is 0. The van der Waals surface area contributed by atoms with Crippen LogP contribution in [-0.2, 0) is 6.42 Å². The standard InChI is InChI=1S/C56H44N4/c1-2-14-34-59(47-20-8-4-9-21-47)53-32-28-43(36-46(53)19-5-1)44-29-33-55-50(37-44)49-22-12-13-23-54(49)60(55)48-30-26-40(27-31-48)51-38-52(58-56(57-51)41-16-6-3-7-17-41)45-25-24-39-15-10-11-18-42(39)35-45/h1-3,5-8,10-18,20-30,32-33,35-38,48H,4,9,19,31,34H2/b5-1-,14-2-. The van der Waals surface area contributed by atoms with Gasteiger partial charge in [-0.3, -0.25) is 0 Å². The number of rotatable bonds is 6. The highest BCUT2D eigenvalue weighted by Crippen LogP contribution is 2.40. The molecule has 4 heteroatoms. The predicted molar refractivity (Wildman–Crippen MR) is 252 cm³/mol. The Bertz CT molecular complexity index is 3140. The van der Waals surface area contributed by atoms with Gasteiger partial charge in [0.1, 0.15) is 0 Å². The van der Waals surface area contributed by atoms with Crippen LogP contribution < -0.4 is 4.90 Å². The zero-order valence-electron chi connectivity index (χ0n) is 33.5. The summed E-state index contributed by atoms with van der Waals surface area (Å²) in [5.41, 5.74) is 13.9. The molecule has 0 saturated carbocycles. The van der Waals surface area contributed by atoms with Crippen molar-refractivity contribution in [3.63, 3.8) is 0 Å². The number of nitrogens with zero attached hydrogens (tertiary/aromatic N) is 4. The molecule has 8 aromatic rings. The molecule has 0 bridgehead atoms. The van der Waals surface area contributed by atoms with Crippen LogP contribution in [0.1, 0.15) is 36.6 Å². The van der Waals surface area contributed by atoms with Gasteiger partial charge in [0.25, 0.3) is 0 Å². The highest BCUT2D eigenvalue weighted by atomic mass is 15.1. The summed E-state index contributed by atoms with van der Waals surface area (Å²) < 4.78 is 2.53. The van der Waals surface area contributed by atoms with Gasteiger partial charge >= 0.3 is 0 Å². The zero-order valence-corrected chi connectivity index (χ0v) is 33.5. The Hall–Kier alpha value is -7.30. The molecule has 4 nitrogen and oxygen atoms in total. The molecule has 0 spiro atoms. The maximum Gasteiger partial charge on any atom is 0.160 e. The van der Waals surface area contributed by atoms with Crippen LogP contribution >= 0.6 is 0 Å². The fourth-order valence-electron chi connectivity index (χ4n) is 9.19. The predicted octanol–water partition coefficient (Wildman–Crippen LogP) is 14.0. The number of para-hydroxylation sites is 1. The topological polar surface area (TPSA) is 34.0 Å². The molecule has 0 fully saturated rings. The number of fused-ring (bicyclic) bond motifs is 5. The summed E-state index contributed by atoms with van der Waals surface area (Å²) in [5.74, 6) is 0.732. The Balaban J connectivity index is 0.938. The SMILES string of the molecule is C1=CC(N2C/C=C\C=C/Cc3cc(-c4ccc5c(c4)c4ccccc4n5C4C=CC(c5cc(-c6ccc7ccccc7c6)nc(-c6ccccc6)n5)=CC4)ccc32)=CCC1. The number of anilines is 1. The normalized spacial score (nSPS) is 17.5. The maximum absolute atomic E-state index is 5.16. The monoisotopic (exact) mass is 772 g/mol. The van der Waals surface area contributed by atoms with E-state index in [2.05, 4.69) is 192 Å². The summed E-state index contributed by atoms with van der Waals surface area (Å²) in [4.78, 5) is 12.7. The van der Waals surface area contributed by atoms with Gasteiger partial charge in [0.05, 0.1) is 17.4 Å². The maximum atomic E-state index is 5.16. The average Bonchev–Trinajstić information content (AvgIpc) is 3.70. The van der Waals surface area contributed by atoms with Crippen LogP contribution in [0, 0.1) is 0 Å². The Labute approximate surface area is 351 Å². The Morgan fingerprint density at radius 1 is 0.533 bits per heavy atom. The molecule has 0 N–H and O–H groups in total. The van der Waals surface area contributed by atoms with Crippen molar-refractivity contribution in [3.05, 3.63) is 217 Å². The second-order valence-corrected chi connectivity index (χ2v) is 16.0. The molecule has 3 heterocycles. The Kier molecular flexibility index (Phi) is 9.24. The Morgan fingerprint density at radius 3 is 2.20 bits per heavy atom. The van der Waals surface area contributed by atoms with E-state index in [1.165, 1.54) is 60.7 Å². The minimum Gasteiger partial charge on any atom is -0.338 e. The quantitative estimate of drug-likeness (QED) is 0.169. The lowest BCUT2D eigenvalue weighted by Gasteiger charge is -2.28. The van der Waals surface area contributed by atoms with E-state index in [0.29, 0.717) is 0 Å². The first-order valence-corrected chi connectivity index (χ1v) is 21.2. The van der Waals surface area contributed by atoms with Crippen LogP contribution in [0.4, 0.5) is 5.69 Å². The largest absolute Gasteiger partial charge is 0.338 e. The van der Waals surface area contributed by atoms with Gasteiger partial charge in [-0.1, -0.05) is 152 Å². The average molecular weight is 773 g/mol. The van der Waals surface area contributed by atoms with Gasteiger partial charge in [-0.25, -0.2) is 9.97 Å². The van der Waals surface area contributed by atoms with E-state index < -0.39 is 0 Å². The lowest BCUT2D eigenvalue weighted by Crippen LogP contribution is -2.23. The molecule has 2 aliphatic carbocycles. The molecule has 1 aliphatic heterocycles. The van der Waals surface area contributed by atoms with Gasteiger partial charge in [0.2, 0.25) is 0 Å². The summed E-state index contributed by atoms with van der Waals surface area (Å²) in [5, 5.41) is 4.98. The van der Waals surface area contributed by atoms with Crippen LogP contribution in [0.15, 0.2) is 206 Å². The molecular formula is C56H44N4. The van der Waals surface area contributed by atoms with E-state index in [-0.39, 0.29) is 6.04 Å². The van der Waals surface area contributed by atoms with E-state index in [1.54, 1.807) is 0 Å². The molecule has 0 saturated heterocycles. The summed E-state index contributed by atoms with van der Waals surface area (Å²) in [6.07, 6.45) is 26.8. The first kappa shape index (κ1) is 35.8. The third-order valence-electron chi connectivity index (χ3n) is 12.2. The second-order valence-electron chi connectivity index (χ2n) is 16.0. The molecule has 288 valence electrons. The van der Waals surface area contributed by atoms with Crippen molar-refractivity contribution < 1.29 is 0 Å². The molecule has 1 atom stereocenters. The van der Waals surface area contributed by atoms with Crippen LogP contribution in [0.25, 0.3) is 71.9 Å². The van der Waals surface area contributed by atoms with Crippen molar-refractivity contribution in [3.8, 4) is 33.8 Å².